The summed E-state index contributed by atoms with van der Waals surface area (Å²) < 4.78 is 5.13. The number of unbranched alkanes of at least 4 members (excludes halogenated alkanes) is 2. The number of hydrogen-bond acceptors (Lipinski definition) is 5. The highest BCUT2D eigenvalue weighted by Crippen LogP contribution is 2.24. The predicted molar refractivity (Wildman–Crippen MR) is 58.5 cm³/mol. The zero-order valence-corrected chi connectivity index (χ0v) is 9.82. The molecular weight excluding hydrogens is 228 g/mol. The third kappa shape index (κ3) is 3.38. The lowest BCUT2D eigenvalue weighted by atomic mass is 9.92. The van der Waals surface area contributed by atoms with Gasteiger partial charge in [-0.2, -0.15) is 0 Å². The van der Waals surface area contributed by atoms with Crippen molar-refractivity contribution in [3.8, 4) is 0 Å². The third-order valence-electron chi connectivity index (χ3n) is 3.05. The van der Waals surface area contributed by atoms with E-state index in [1.807, 2.05) is 6.92 Å². The van der Waals surface area contributed by atoms with Crippen LogP contribution in [0.15, 0.2) is 0 Å². The summed E-state index contributed by atoms with van der Waals surface area (Å²) >= 11 is 0. The first kappa shape index (κ1) is 14.4. The fourth-order valence-electron chi connectivity index (χ4n) is 1.99. The van der Waals surface area contributed by atoms with E-state index in [1.54, 1.807) is 0 Å². The van der Waals surface area contributed by atoms with Crippen molar-refractivity contribution in [3.05, 3.63) is 0 Å². The molecule has 6 heteroatoms. The monoisotopic (exact) mass is 248 g/mol. The van der Waals surface area contributed by atoms with E-state index >= 15 is 0 Å². The smallest absolute Gasteiger partial charge is 0.335 e. The van der Waals surface area contributed by atoms with Gasteiger partial charge in [0, 0.05) is 0 Å². The number of aliphatic hydroxyl groups is 3. The lowest BCUT2D eigenvalue weighted by molar-refractivity contribution is -0.228. The van der Waals surface area contributed by atoms with Crippen LogP contribution in [0, 0.1) is 0 Å². The quantitative estimate of drug-likeness (QED) is 0.489. The number of carbonyl (C=O) groups is 1. The van der Waals surface area contributed by atoms with E-state index in [4.69, 9.17) is 9.84 Å². The van der Waals surface area contributed by atoms with Gasteiger partial charge in [-0.15, -0.1) is 0 Å². The normalized spacial score (nSPS) is 38.0. The summed E-state index contributed by atoms with van der Waals surface area (Å²) in [5, 5.41) is 37.5. The first-order valence-electron chi connectivity index (χ1n) is 5.91. The minimum atomic E-state index is -1.59. The van der Waals surface area contributed by atoms with Gasteiger partial charge in [0.1, 0.15) is 18.3 Å². The Kier molecular flexibility index (Phi) is 5.32. The average Bonchev–Trinajstić information content (AvgIpc) is 2.29. The summed E-state index contributed by atoms with van der Waals surface area (Å²) in [7, 11) is 0. The van der Waals surface area contributed by atoms with Crippen molar-refractivity contribution in [2.45, 2.75) is 63.1 Å². The van der Waals surface area contributed by atoms with Gasteiger partial charge in [0.05, 0.1) is 6.10 Å². The third-order valence-corrected chi connectivity index (χ3v) is 3.05. The maximum Gasteiger partial charge on any atom is 0.335 e. The van der Waals surface area contributed by atoms with Gasteiger partial charge in [-0.25, -0.2) is 4.79 Å². The second-order valence-corrected chi connectivity index (χ2v) is 4.40. The van der Waals surface area contributed by atoms with Crippen LogP contribution in [0.2, 0.25) is 0 Å². The molecule has 0 saturated carbocycles. The molecule has 5 unspecified atom stereocenters. The Morgan fingerprint density at radius 3 is 2.29 bits per heavy atom. The largest absolute Gasteiger partial charge is 0.479 e. The van der Waals surface area contributed by atoms with E-state index < -0.39 is 36.5 Å². The highest BCUT2D eigenvalue weighted by Gasteiger charge is 2.46. The molecule has 0 aromatic carbocycles. The molecule has 0 radical (unpaired) electrons. The Morgan fingerprint density at radius 1 is 1.12 bits per heavy atom. The molecule has 0 bridgehead atoms. The van der Waals surface area contributed by atoms with Crippen LogP contribution in [-0.2, 0) is 9.53 Å². The van der Waals surface area contributed by atoms with E-state index in [2.05, 4.69) is 0 Å². The Morgan fingerprint density at radius 2 is 1.76 bits per heavy atom. The predicted octanol–water partition coefficient (Wildman–Crippen LogP) is -0.499. The van der Waals surface area contributed by atoms with Crippen molar-refractivity contribution in [3.63, 3.8) is 0 Å². The molecule has 5 atom stereocenters. The standard InChI is InChI=1S/C11H20O6/c1-2-3-4-5-6-7(12)8(13)9(14)10(17-6)11(15)16/h6-10,12-14H,2-5H2,1H3,(H,15,16). The molecule has 0 aromatic rings. The van der Waals surface area contributed by atoms with Crippen molar-refractivity contribution in [2.24, 2.45) is 0 Å². The average molecular weight is 248 g/mol. The van der Waals surface area contributed by atoms with Crippen LogP contribution >= 0.6 is 0 Å². The Hall–Kier alpha value is -0.690. The second kappa shape index (κ2) is 6.30. The first-order valence-corrected chi connectivity index (χ1v) is 5.91. The highest BCUT2D eigenvalue weighted by atomic mass is 16.6. The molecule has 1 aliphatic rings. The molecule has 1 aliphatic heterocycles. The number of aliphatic hydroxyl groups excluding tert-OH is 3. The van der Waals surface area contributed by atoms with Crippen molar-refractivity contribution >= 4 is 5.97 Å². The van der Waals surface area contributed by atoms with Crippen molar-refractivity contribution in [1.82, 2.24) is 0 Å². The Labute approximate surface area is 99.8 Å². The van der Waals surface area contributed by atoms with Crippen LogP contribution in [0.5, 0.6) is 0 Å². The van der Waals surface area contributed by atoms with Crippen LogP contribution in [0.25, 0.3) is 0 Å². The lowest BCUT2D eigenvalue weighted by Gasteiger charge is -2.39. The maximum absolute atomic E-state index is 10.8. The van der Waals surface area contributed by atoms with Crippen LogP contribution in [-0.4, -0.2) is 56.9 Å². The molecule has 0 aromatic heterocycles. The maximum atomic E-state index is 10.8. The van der Waals surface area contributed by atoms with E-state index in [-0.39, 0.29) is 0 Å². The molecule has 4 N–H and O–H groups in total. The number of rotatable bonds is 5. The number of aliphatic carboxylic acids is 1. The van der Waals surface area contributed by atoms with E-state index in [0.717, 1.165) is 19.3 Å². The van der Waals surface area contributed by atoms with Gasteiger partial charge >= 0.3 is 5.97 Å². The molecule has 1 fully saturated rings. The summed E-state index contributed by atoms with van der Waals surface area (Å²) in [5.74, 6) is -1.33. The van der Waals surface area contributed by atoms with Crippen LogP contribution in [0.3, 0.4) is 0 Å². The van der Waals surface area contributed by atoms with Gasteiger partial charge in [0.2, 0.25) is 0 Å². The van der Waals surface area contributed by atoms with E-state index in [1.165, 1.54) is 0 Å². The molecule has 1 heterocycles. The summed E-state index contributed by atoms with van der Waals surface area (Å²) in [6.45, 7) is 2.02. The molecule has 100 valence electrons. The highest BCUT2D eigenvalue weighted by molar-refractivity contribution is 5.73. The fourth-order valence-corrected chi connectivity index (χ4v) is 1.99. The van der Waals surface area contributed by atoms with Crippen molar-refractivity contribution in [2.75, 3.05) is 0 Å². The molecule has 17 heavy (non-hydrogen) atoms. The molecular formula is C11H20O6. The van der Waals surface area contributed by atoms with Gasteiger partial charge in [0.15, 0.2) is 6.10 Å². The molecule has 0 amide bonds. The minimum Gasteiger partial charge on any atom is -0.479 e. The number of ether oxygens (including phenoxy) is 1. The van der Waals surface area contributed by atoms with Gasteiger partial charge in [-0.05, 0) is 6.42 Å². The number of carboxylic acid groups (broad SMARTS) is 1. The summed E-state index contributed by atoms with van der Waals surface area (Å²) in [6.07, 6.45) is -3.31. The molecule has 0 aliphatic carbocycles. The first-order chi connectivity index (χ1) is 7.99. The van der Waals surface area contributed by atoms with Crippen molar-refractivity contribution < 1.29 is 30.0 Å². The summed E-state index contributed by atoms with van der Waals surface area (Å²) in [6, 6.07) is 0. The molecule has 1 saturated heterocycles. The Balaban J connectivity index is 2.61. The number of hydrogen-bond donors (Lipinski definition) is 4. The van der Waals surface area contributed by atoms with Gasteiger partial charge in [-0.1, -0.05) is 26.2 Å². The van der Waals surface area contributed by atoms with Crippen LogP contribution in [0.4, 0.5) is 0 Å². The lowest BCUT2D eigenvalue weighted by Crippen LogP contribution is -2.59. The zero-order valence-electron chi connectivity index (χ0n) is 9.82. The molecule has 1 rings (SSSR count). The van der Waals surface area contributed by atoms with Gasteiger partial charge < -0.3 is 25.2 Å². The van der Waals surface area contributed by atoms with Gasteiger partial charge in [-0.3, -0.25) is 0 Å². The molecule has 6 nitrogen and oxygen atoms in total. The van der Waals surface area contributed by atoms with Crippen LogP contribution < -0.4 is 0 Å². The minimum absolute atomic E-state index is 0.475. The fraction of sp³-hybridized carbons (Fsp3) is 0.909. The van der Waals surface area contributed by atoms with E-state index in [0.29, 0.717) is 6.42 Å². The topological polar surface area (TPSA) is 107 Å². The number of carboxylic acids is 1. The zero-order chi connectivity index (χ0) is 13.0. The summed E-state index contributed by atoms with van der Waals surface area (Å²) in [4.78, 5) is 10.8. The Bertz CT molecular complexity index is 256. The van der Waals surface area contributed by atoms with Crippen LogP contribution in [0.1, 0.15) is 32.6 Å². The van der Waals surface area contributed by atoms with E-state index in [9.17, 15) is 20.1 Å². The van der Waals surface area contributed by atoms with Crippen molar-refractivity contribution in [1.29, 1.82) is 0 Å². The molecule has 0 spiro atoms. The SMILES string of the molecule is CCCCCC1OC(C(=O)O)C(O)C(O)C1O. The summed E-state index contributed by atoms with van der Waals surface area (Å²) in [5.41, 5.74) is 0. The second-order valence-electron chi connectivity index (χ2n) is 4.40. The van der Waals surface area contributed by atoms with Gasteiger partial charge in [0.25, 0.3) is 0 Å².